The molecule has 1 heterocycles. The Kier molecular flexibility index (Phi) is 2.75. The van der Waals surface area contributed by atoms with Crippen molar-refractivity contribution < 1.29 is 14.7 Å². The molecular weight excluding hydrogens is 194 g/mol. The van der Waals surface area contributed by atoms with Crippen LogP contribution in [-0.2, 0) is 9.59 Å². The van der Waals surface area contributed by atoms with Gasteiger partial charge in [0.05, 0.1) is 11.8 Å². The second kappa shape index (κ2) is 4.04. The van der Waals surface area contributed by atoms with Gasteiger partial charge in [0.15, 0.2) is 0 Å². The number of allylic oxidation sites excluding steroid dienone is 2. The van der Waals surface area contributed by atoms with Crippen molar-refractivity contribution in [1.29, 1.82) is 0 Å². The van der Waals surface area contributed by atoms with Crippen molar-refractivity contribution >= 4 is 11.9 Å². The molecule has 4 nitrogen and oxygen atoms in total. The summed E-state index contributed by atoms with van der Waals surface area (Å²) in [5.41, 5.74) is 0. The monoisotopic (exact) mass is 209 g/mol. The summed E-state index contributed by atoms with van der Waals surface area (Å²) in [7, 11) is 0. The number of amides is 1. The third-order valence-corrected chi connectivity index (χ3v) is 3.23. The van der Waals surface area contributed by atoms with Gasteiger partial charge in [-0.2, -0.15) is 0 Å². The number of carbonyl (C=O) groups is 2. The molecule has 0 radical (unpaired) electrons. The lowest BCUT2D eigenvalue weighted by Crippen LogP contribution is -2.48. The minimum atomic E-state index is -0.849. The van der Waals surface area contributed by atoms with Gasteiger partial charge in [0, 0.05) is 13.1 Å². The van der Waals surface area contributed by atoms with Crippen LogP contribution < -0.4 is 0 Å². The highest BCUT2D eigenvalue weighted by molar-refractivity contribution is 5.85. The quantitative estimate of drug-likeness (QED) is 0.687. The topological polar surface area (TPSA) is 57.6 Å². The lowest BCUT2D eigenvalue weighted by molar-refractivity contribution is -0.152. The van der Waals surface area contributed by atoms with Crippen molar-refractivity contribution in [2.45, 2.75) is 19.3 Å². The molecule has 2 unspecified atom stereocenters. The highest BCUT2D eigenvalue weighted by Gasteiger charge is 2.37. The Labute approximate surface area is 88.6 Å². The maximum absolute atomic E-state index is 11.9. The number of carboxylic acids is 1. The summed E-state index contributed by atoms with van der Waals surface area (Å²) < 4.78 is 0. The summed E-state index contributed by atoms with van der Waals surface area (Å²) in [4.78, 5) is 24.7. The van der Waals surface area contributed by atoms with Crippen molar-refractivity contribution in [3.63, 3.8) is 0 Å². The zero-order valence-electron chi connectivity index (χ0n) is 8.56. The molecule has 0 spiro atoms. The molecule has 0 aromatic heterocycles. The summed E-state index contributed by atoms with van der Waals surface area (Å²) in [6.07, 6.45) is 5.89. The average Bonchev–Trinajstić information content (AvgIpc) is 2.15. The van der Waals surface area contributed by atoms with E-state index in [9.17, 15) is 9.59 Å². The van der Waals surface area contributed by atoms with E-state index in [1.54, 1.807) is 4.90 Å². The number of nitrogens with zero attached hydrogens (tertiary/aromatic N) is 1. The molecule has 1 fully saturated rings. The van der Waals surface area contributed by atoms with Crippen molar-refractivity contribution in [2.75, 3.05) is 13.1 Å². The minimum Gasteiger partial charge on any atom is -0.481 e. The van der Waals surface area contributed by atoms with Gasteiger partial charge in [-0.25, -0.2) is 0 Å². The summed E-state index contributed by atoms with van der Waals surface area (Å²) >= 11 is 0. The van der Waals surface area contributed by atoms with Crippen LogP contribution in [0.4, 0.5) is 0 Å². The van der Waals surface area contributed by atoms with E-state index in [-0.39, 0.29) is 11.8 Å². The number of rotatable bonds is 2. The maximum Gasteiger partial charge on any atom is 0.307 e. The first-order valence-electron chi connectivity index (χ1n) is 5.36. The summed E-state index contributed by atoms with van der Waals surface area (Å²) in [6.45, 7) is 1.59. The molecular formula is C11H15NO3. The van der Waals surface area contributed by atoms with Crippen LogP contribution in [0.15, 0.2) is 12.2 Å². The Hall–Kier alpha value is -1.32. The highest BCUT2D eigenvalue weighted by atomic mass is 16.4. The molecule has 0 saturated carbocycles. The van der Waals surface area contributed by atoms with Crippen LogP contribution in [0, 0.1) is 11.8 Å². The Morgan fingerprint density at radius 2 is 1.73 bits per heavy atom. The van der Waals surface area contributed by atoms with Crippen LogP contribution >= 0.6 is 0 Å². The van der Waals surface area contributed by atoms with Gasteiger partial charge >= 0.3 is 5.97 Å². The molecule has 1 aliphatic carbocycles. The Morgan fingerprint density at radius 1 is 1.13 bits per heavy atom. The third kappa shape index (κ3) is 1.89. The van der Waals surface area contributed by atoms with Crippen LogP contribution in [0.1, 0.15) is 19.3 Å². The van der Waals surface area contributed by atoms with Crippen LogP contribution in [-0.4, -0.2) is 35.0 Å². The Morgan fingerprint density at radius 3 is 2.20 bits per heavy atom. The average molecular weight is 209 g/mol. The fourth-order valence-electron chi connectivity index (χ4n) is 2.13. The number of likely N-dealkylation sites (tertiary alicyclic amines) is 1. The molecule has 15 heavy (non-hydrogen) atoms. The van der Waals surface area contributed by atoms with Crippen molar-refractivity contribution in [2.24, 2.45) is 11.8 Å². The molecule has 1 saturated heterocycles. The SMILES string of the molecule is O=C(O)C1CC=CCC1C(=O)N1CCC1. The van der Waals surface area contributed by atoms with Crippen molar-refractivity contribution in [1.82, 2.24) is 4.90 Å². The number of aliphatic carboxylic acids is 1. The molecule has 2 rings (SSSR count). The van der Waals surface area contributed by atoms with Gasteiger partial charge in [-0.3, -0.25) is 9.59 Å². The number of hydrogen-bond acceptors (Lipinski definition) is 2. The number of hydrogen-bond donors (Lipinski definition) is 1. The zero-order chi connectivity index (χ0) is 10.8. The van der Waals surface area contributed by atoms with Gasteiger partial charge in [0.1, 0.15) is 0 Å². The van der Waals surface area contributed by atoms with E-state index in [0.717, 1.165) is 19.5 Å². The van der Waals surface area contributed by atoms with Crippen LogP contribution in [0.2, 0.25) is 0 Å². The van der Waals surface area contributed by atoms with E-state index in [1.807, 2.05) is 12.2 Å². The van der Waals surface area contributed by atoms with Crippen LogP contribution in [0.5, 0.6) is 0 Å². The summed E-state index contributed by atoms with van der Waals surface area (Å²) in [6, 6.07) is 0. The van der Waals surface area contributed by atoms with Crippen LogP contribution in [0.3, 0.4) is 0 Å². The van der Waals surface area contributed by atoms with E-state index >= 15 is 0 Å². The van der Waals surface area contributed by atoms with Crippen molar-refractivity contribution in [3.8, 4) is 0 Å². The second-order valence-corrected chi connectivity index (χ2v) is 4.17. The molecule has 1 amide bonds. The van der Waals surface area contributed by atoms with E-state index in [4.69, 9.17) is 5.11 Å². The van der Waals surface area contributed by atoms with Crippen molar-refractivity contribution in [3.05, 3.63) is 12.2 Å². The van der Waals surface area contributed by atoms with Gasteiger partial charge in [0.25, 0.3) is 0 Å². The lowest BCUT2D eigenvalue weighted by atomic mass is 9.81. The van der Waals surface area contributed by atoms with E-state index in [1.165, 1.54) is 0 Å². The first kappa shape index (κ1) is 10.2. The predicted molar refractivity (Wildman–Crippen MR) is 54.2 cm³/mol. The third-order valence-electron chi connectivity index (χ3n) is 3.23. The molecule has 82 valence electrons. The minimum absolute atomic E-state index is 0.0259. The molecule has 1 aliphatic heterocycles. The summed E-state index contributed by atoms with van der Waals surface area (Å²) in [5, 5.41) is 9.03. The summed E-state index contributed by atoms with van der Waals surface area (Å²) in [5.74, 6) is -1.69. The van der Waals surface area contributed by atoms with Gasteiger partial charge in [-0.05, 0) is 19.3 Å². The van der Waals surface area contributed by atoms with E-state index in [2.05, 4.69) is 0 Å². The smallest absolute Gasteiger partial charge is 0.307 e. The highest BCUT2D eigenvalue weighted by Crippen LogP contribution is 2.28. The fourth-order valence-corrected chi connectivity index (χ4v) is 2.13. The number of carboxylic acid groups (broad SMARTS) is 1. The van der Waals surface area contributed by atoms with Gasteiger partial charge < -0.3 is 10.0 Å². The molecule has 2 aliphatic rings. The number of carbonyl (C=O) groups excluding carboxylic acids is 1. The first-order valence-corrected chi connectivity index (χ1v) is 5.36. The van der Waals surface area contributed by atoms with Gasteiger partial charge in [-0.15, -0.1) is 0 Å². The molecule has 1 N–H and O–H groups in total. The maximum atomic E-state index is 11.9. The first-order chi connectivity index (χ1) is 7.20. The lowest BCUT2D eigenvalue weighted by Gasteiger charge is -2.36. The van der Waals surface area contributed by atoms with Gasteiger partial charge in [0.2, 0.25) is 5.91 Å². The molecule has 0 aromatic carbocycles. The Bertz CT molecular complexity index is 307. The zero-order valence-corrected chi connectivity index (χ0v) is 8.56. The van der Waals surface area contributed by atoms with E-state index < -0.39 is 11.9 Å². The predicted octanol–water partition coefficient (Wildman–Crippen LogP) is 0.886. The Balaban J connectivity index is 2.07. The molecule has 0 bridgehead atoms. The second-order valence-electron chi connectivity index (χ2n) is 4.17. The molecule has 4 heteroatoms. The van der Waals surface area contributed by atoms with Crippen LogP contribution in [0.25, 0.3) is 0 Å². The fraction of sp³-hybridized carbons (Fsp3) is 0.636. The molecule has 2 atom stereocenters. The normalized spacial score (nSPS) is 29.7. The van der Waals surface area contributed by atoms with Gasteiger partial charge in [-0.1, -0.05) is 12.2 Å². The largest absolute Gasteiger partial charge is 0.481 e. The van der Waals surface area contributed by atoms with E-state index in [0.29, 0.717) is 12.8 Å². The molecule has 0 aromatic rings. The standard InChI is InChI=1S/C11H15NO3/c13-10(12-6-3-7-12)8-4-1-2-5-9(8)11(14)15/h1-2,8-9H,3-7H2,(H,14,15).